The molecule has 1 aromatic heterocycles. The zero-order chi connectivity index (χ0) is 16.9. The van der Waals surface area contributed by atoms with E-state index in [2.05, 4.69) is 41.2 Å². The Morgan fingerprint density at radius 2 is 2.08 bits per heavy atom. The fraction of sp³-hybridized carbons (Fsp3) is 0.200. The predicted octanol–water partition coefficient (Wildman–Crippen LogP) is 4.46. The van der Waals surface area contributed by atoms with Crippen molar-refractivity contribution in [3.63, 3.8) is 0 Å². The smallest absolute Gasteiger partial charge is 0.165 e. The van der Waals surface area contributed by atoms with Crippen LogP contribution < -0.4 is 4.74 Å². The lowest BCUT2D eigenvalue weighted by Gasteiger charge is -2.15. The van der Waals surface area contributed by atoms with Crippen molar-refractivity contribution in [2.24, 2.45) is 0 Å². The van der Waals surface area contributed by atoms with E-state index in [0.717, 1.165) is 18.7 Å². The number of nitrogens with zero attached hydrogens (tertiary/aromatic N) is 1. The first-order chi connectivity index (χ1) is 11.7. The maximum atomic E-state index is 13.7. The first-order valence-corrected chi connectivity index (χ1v) is 7.91. The van der Waals surface area contributed by atoms with E-state index in [0.29, 0.717) is 0 Å². The zero-order valence-electron chi connectivity index (χ0n) is 13.9. The van der Waals surface area contributed by atoms with Crippen LogP contribution >= 0.6 is 0 Å². The highest BCUT2D eigenvalue weighted by molar-refractivity contribution is 5.82. The Labute approximate surface area is 141 Å². The predicted molar refractivity (Wildman–Crippen MR) is 96.6 cm³/mol. The third-order valence-corrected chi connectivity index (χ3v) is 4.02. The van der Waals surface area contributed by atoms with Gasteiger partial charge in [0, 0.05) is 24.8 Å². The maximum Gasteiger partial charge on any atom is 0.165 e. The molecule has 0 atom stereocenters. The average Bonchev–Trinajstić information content (AvgIpc) is 3.05. The van der Waals surface area contributed by atoms with Crippen molar-refractivity contribution in [1.82, 2.24) is 9.88 Å². The Morgan fingerprint density at radius 1 is 1.21 bits per heavy atom. The maximum absolute atomic E-state index is 13.7. The number of H-pyrrole nitrogens is 1. The minimum absolute atomic E-state index is 0.267. The lowest BCUT2D eigenvalue weighted by Crippen LogP contribution is -2.17. The van der Waals surface area contributed by atoms with Gasteiger partial charge in [-0.25, -0.2) is 4.39 Å². The molecule has 3 nitrogen and oxygen atoms in total. The fourth-order valence-electron chi connectivity index (χ4n) is 2.79. The van der Waals surface area contributed by atoms with Crippen molar-refractivity contribution in [2.45, 2.75) is 6.54 Å². The number of aromatic nitrogens is 1. The number of hydrogen-bond donors (Lipinski definition) is 1. The monoisotopic (exact) mass is 324 g/mol. The molecule has 0 radical (unpaired) electrons. The summed E-state index contributed by atoms with van der Waals surface area (Å²) in [7, 11) is 3.54. The van der Waals surface area contributed by atoms with Crippen molar-refractivity contribution in [3.8, 4) is 5.75 Å². The van der Waals surface area contributed by atoms with Crippen LogP contribution in [-0.2, 0) is 6.54 Å². The standard InChI is InChI=1S/C20H21FN2O/c1-23(14-17-7-3-6-16-10-11-22-20(16)17)12-4-5-15-8-9-19(24-2)18(21)13-15/h3-11,13,22H,12,14H2,1-2H3. The second kappa shape index (κ2) is 7.32. The number of methoxy groups -OCH3 is 1. The molecule has 0 amide bonds. The topological polar surface area (TPSA) is 28.3 Å². The molecule has 1 heterocycles. The molecule has 4 heteroatoms. The van der Waals surface area contributed by atoms with E-state index in [1.165, 1.54) is 29.6 Å². The molecule has 2 aromatic carbocycles. The normalized spacial score (nSPS) is 11.7. The van der Waals surface area contributed by atoms with Crippen LogP contribution in [0.15, 0.2) is 54.7 Å². The van der Waals surface area contributed by atoms with Crippen LogP contribution in [-0.4, -0.2) is 30.6 Å². The number of nitrogens with one attached hydrogen (secondary N) is 1. The highest BCUT2D eigenvalue weighted by atomic mass is 19.1. The number of aromatic amines is 1. The second-order valence-corrected chi connectivity index (χ2v) is 5.85. The summed E-state index contributed by atoms with van der Waals surface area (Å²) in [5.74, 6) is -0.0743. The minimum Gasteiger partial charge on any atom is -0.494 e. The van der Waals surface area contributed by atoms with Crippen molar-refractivity contribution in [1.29, 1.82) is 0 Å². The lowest BCUT2D eigenvalue weighted by molar-refractivity contribution is 0.365. The highest BCUT2D eigenvalue weighted by Gasteiger charge is 2.05. The summed E-state index contributed by atoms with van der Waals surface area (Å²) in [5, 5.41) is 1.23. The van der Waals surface area contributed by atoms with Gasteiger partial charge in [0.25, 0.3) is 0 Å². The van der Waals surface area contributed by atoms with E-state index in [1.807, 2.05) is 24.4 Å². The van der Waals surface area contributed by atoms with Crippen LogP contribution in [0.5, 0.6) is 5.75 Å². The van der Waals surface area contributed by atoms with Crippen LogP contribution in [0.2, 0.25) is 0 Å². The van der Waals surface area contributed by atoms with Crippen molar-refractivity contribution in [3.05, 3.63) is 71.7 Å². The van der Waals surface area contributed by atoms with Gasteiger partial charge in [0.05, 0.1) is 7.11 Å². The van der Waals surface area contributed by atoms with E-state index in [-0.39, 0.29) is 11.6 Å². The van der Waals surface area contributed by atoms with Gasteiger partial charge in [-0.15, -0.1) is 0 Å². The summed E-state index contributed by atoms with van der Waals surface area (Å²) in [6.07, 6.45) is 5.93. The second-order valence-electron chi connectivity index (χ2n) is 5.85. The van der Waals surface area contributed by atoms with Gasteiger partial charge in [-0.2, -0.15) is 0 Å². The van der Waals surface area contributed by atoms with Gasteiger partial charge in [0.15, 0.2) is 11.6 Å². The molecule has 124 valence electrons. The van der Waals surface area contributed by atoms with Gasteiger partial charge in [0.2, 0.25) is 0 Å². The number of rotatable bonds is 6. The molecule has 24 heavy (non-hydrogen) atoms. The molecule has 1 N–H and O–H groups in total. The molecule has 0 unspecified atom stereocenters. The minimum atomic E-state index is -0.341. The number of likely N-dealkylation sites (N-methyl/N-ethyl adjacent to an activating group) is 1. The van der Waals surface area contributed by atoms with Crippen LogP contribution in [0.4, 0.5) is 4.39 Å². The van der Waals surface area contributed by atoms with Crippen LogP contribution in [0.1, 0.15) is 11.1 Å². The summed E-state index contributed by atoms with van der Waals surface area (Å²) in [5.41, 5.74) is 3.28. The van der Waals surface area contributed by atoms with E-state index >= 15 is 0 Å². The average molecular weight is 324 g/mol. The molecule has 0 fully saturated rings. The summed E-state index contributed by atoms with van der Waals surface area (Å²) >= 11 is 0. The van der Waals surface area contributed by atoms with Gasteiger partial charge >= 0.3 is 0 Å². The summed E-state index contributed by atoms with van der Waals surface area (Å²) in [6.45, 7) is 1.63. The van der Waals surface area contributed by atoms with Crippen molar-refractivity contribution >= 4 is 17.0 Å². The van der Waals surface area contributed by atoms with Gasteiger partial charge in [-0.3, -0.25) is 4.90 Å². The number of fused-ring (bicyclic) bond motifs is 1. The van der Waals surface area contributed by atoms with E-state index in [4.69, 9.17) is 4.74 Å². The number of hydrogen-bond acceptors (Lipinski definition) is 2. The molecule has 3 rings (SSSR count). The highest BCUT2D eigenvalue weighted by Crippen LogP contribution is 2.19. The molecular formula is C20H21FN2O. The Hall–Kier alpha value is -2.59. The Kier molecular flexibility index (Phi) is 4.96. The molecule has 0 aliphatic heterocycles. The zero-order valence-corrected chi connectivity index (χ0v) is 13.9. The lowest BCUT2D eigenvalue weighted by atomic mass is 10.1. The number of benzene rings is 2. The summed E-state index contributed by atoms with van der Waals surface area (Å²) < 4.78 is 18.6. The molecular weight excluding hydrogens is 303 g/mol. The number of para-hydroxylation sites is 1. The Morgan fingerprint density at radius 3 is 2.88 bits per heavy atom. The SMILES string of the molecule is COc1ccc(C=CCN(C)Cc2cccc3cc[nH]c23)cc1F. The molecule has 0 aliphatic carbocycles. The quantitative estimate of drug-likeness (QED) is 0.725. The molecule has 0 aliphatic rings. The first kappa shape index (κ1) is 16.3. The number of ether oxygens (including phenoxy) is 1. The molecule has 0 saturated carbocycles. The Balaban J connectivity index is 1.62. The van der Waals surface area contributed by atoms with E-state index in [1.54, 1.807) is 6.07 Å². The van der Waals surface area contributed by atoms with Crippen molar-refractivity contribution < 1.29 is 9.13 Å². The molecule has 0 bridgehead atoms. The van der Waals surface area contributed by atoms with Crippen LogP contribution in [0, 0.1) is 5.82 Å². The summed E-state index contributed by atoms with van der Waals surface area (Å²) in [6, 6.07) is 13.4. The number of halogens is 1. The largest absolute Gasteiger partial charge is 0.494 e. The third kappa shape index (κ3) is 3.66. The Bertz CT molecular complexity index is 854. The van der Waals surface area contributed by atoms with Crippen LogP contribution in [0.25, 0.3) is 17.0 Å². The third-order valence-electron chi connectivity index (χ3n) is 4.02. The summed E-state index contributed by atoms with van der Waals surface area (Å²) in [4.78, 5) is 5.51. The molecule has 0 spiro atoms. The van der Waals surface area contributed by atoms with Gasteiger partial charge < -0.3 is 9.72 Å². The molecule has 3 aromatic rings. The first-order valence-electron chi connectivity index (χ1n) is 7.91. The van der Waals surface area contributed by atoms with Gasteiger partial charge in [-0.05, 0) is 41.8 Å². The fourth-order valence-corrected chi connectivity index (χ4v) is 2.79. The van der Waals surface area contributed by atoms with Crippen LogP contribution in [0.3, 0.4) is 0 Å². The van der Waals surface area contributed by atoms with Gasteiger partial charge in [-0.1, -0.05) is 36.4 Å². The molecule has 0 saturated heterocycles. The van der Waals surface area contributed by atoms with E-state index in [9.17, 15) is 4.39 Å². The van der Waals surface area contributed by atoms with Crippen molar-refractivity contribution in [2.75, 3.05) is 20.7 Å². The van der Waals surface area contributed by atoms with E-state index < -0.39 is 0 Å². The van der Waals surface area contributed by atoms with Gasteiger partial charge in [0.1, 0.15) is 0 Å².